The van der Waals surface area contributed by atoms with Gasteiger partial charge in [-0.05, 0) is 30.3 Å². The minimum absolute atomic E-state index is 0.00924. The molecule has 0 saturated carbocycles. The van der Waals surface area contributed by atoms with Gasteiger partial charge in [0.25, 0.3) is 0 Å². The zero-order valence-corrected chi connectivity index (χ0v) is 14.3. The van der Waals surface area contributed by atoms with Crippen molar-refractivity contribution in [3.05, 3.63) is 69.4 Å². The van der Waals surface area contributed by atoms with E-state index in [1.54, 1.807) is 12.1 Å². The number of hydrazine groups is 1. The van der Waals surface area contributed by atoms with Crippen LogP contribution in [0.1, 0.15) is 16.3 Å². The molecular formula is C17H12ClN3O6. The number of furan rings is 1. The fraction of sp³-hybridized carbons (Fsp3) is 0.0588. The highest BCUT2D eigenvalue weighted by atomic mass is 35.5. The maximum atomic E-state index is 12.0. The monoisotopic (exact) mass is 389 g/mol. The van der Waals surface area contributed by atoms with Gasteiger partial charge in [-0.15, -0.1) is 0 Å². The molecule has 1 aromatic carbocycles. The maximum absolute atomic E-state index is 12.0. The van der Waals surface area contributed by atoms with Crippen LogP contribution in [-0.4, -0.2) is 17.7 Å². The first-order valence-corrected chi connectivity index (χ1v) is 7.96. The van der Waals surface area contributed by atoms with E-state index in [1.165, 1.54) is 24.5 Å². The lowest BCUT2D eigenvalue weighted by Crippen LogP contribution is -2.48. The summed E-state index contributed by atoms with van der Waals surface area (Å²) in [7, 11) is 0. The molecule has 138 valence electrons. The normalized spacial score (nSPS) is 10.4. The third kappa shape index (κ3) is 4.33. The van der Waals surface area contributed by atoms with Crippen LogP contribution >= 0.6 is 11.6 Å². The van der Waals surface area contributed by atoms with Gasteiger partial charge in [-0.3, -0.25) is 30.0 Å². The first kappa shape index (κ1) is 18.2. The molecule has 0 aliphatic carbocycles. The number of halogens is 1. The molecule has 0 unspecified atom stereocenters. The lowest BCUT2D eigenvalue weighted by molar-refractivity contribution is -0.139. The van der Waals surface area contributed by atoms with E-state index in [2.05, 4.69) is 5.32 Å². The number of hydrogen-bond acceptors (Lipinski definition) is 6. The summed E-state index contributed by atoms with van der Waals surface area (Å²) < 4.78 is 10.3. The Morgan fingerprint density at radius 2 is 1.85 bits per heavy atom. The molecule has 0 bridgehead atoms. The molecule has 3 amide bonds. The van der Waals surface area contributed by atoms with Crippen molar-refractivity contribution in [1.29, 1.82) is 0 Å². The largest absolute Gasteiger partial charge is 0.467 e. The van der Waals surface area contributed by atoms with Crippen molar-refractivity contribution < 1.29 is 23.2 Å². The summed E-state index contributed by atoms with van der Waals surface area (Å²) in [4.78, 5) is 47.4. The van der Waals surface area contributed by atoms with Crippen molar-refractivity contribution in [2.24, 2.45) is 0 Å². The molecule has 10 heteroatoms. The number of amides is 3. The van der Waals surface area contributed by atoms with Gasteiger partial charge >= 0.3 is 17.7 Å². The van der Waals surface area contributed by atoms with Gasteiger partial charge in [0.1, 0.15) is 11.3 Å². The number of carbonyl (C=O) groups excluding carboxylic acids is 3. The number of benzene rings is 1. The average Bonchev–Trinajstić information content (AvgIpc) is 3.17. The number of carbonyl (C=O) groups is 3. The number of nitrogens with one attached hydrogen (secondary N) is 3. The lowest BCUT2D eigenvalue weighted by atomic mass is 10.2. The average molecular weight is 390 g/mol. The molecule has 0 atom stereocenters. The van der Waals surface area contributed by atoms with E-state index in [1.807, 2.05) is 10.9 Å². The first-order valence-electron chi connectivity index (χ1n) is 7.58. The summed E-state index contributed by atoms with van der Waals surface area (Å²) in [5.41, 5.74) is 3.59. The third-order valence-corrected chi connectivity index (χ3v) is 3.65. The Hall–Kier alpha value is -3.59. The highest BCUT2D eigenvalue weighted by molar-refractivity contribution is 6.35. The van der Waals surface area contributed by atoms with Crippen LogP contribution in [0.2, 0.25) is 5.02 Å². The van der Waals surface area contributed by atoms with Crippen LogP contribution in [0, 0.1) is 0 Å². The second kappa shape index (κ2) is 7.75. The van der Waals surface area contributed by atoms with Gasteiger partial charge in [0.2, 0.25) is 0 Å². The second-order valence-corrected chi connectivity index (χ2v) is 5.72. The molecule has 0 spiro atoms. The molecule has 27 heavy (non-hydrogen) atoms. The molecule has 0 radical (unpaired) electrons. The SMILES string of the molecule is O=C(NCc1ccco1)C(=O)NNC(=O)c1cc(=O)c2cc(Cl)ccc2o1. The molecule has 3 rings (SSSR count). The van der Waals surface area contributed by atoms with Crippen LogP contribution in [0.3, 0.4) is 0 Å². The van der Waals surface area contributed by atoms with Crippen molar-refractivity contribution in [2.75, 3.05) is 0 Å². The van der Waals surface area contributed by atoms with Crippen LogP contribution in [0.4, 0.5) is 0 Å². The van der Waals surface area contributed by atoms with Gasteiger partial charge in [0.15, 0.2) is 11.2 Å². The zero-order valence-electron chi connectivity index (χ0n) is 13.6. The van der Waals surface area contributed by atoms with Gasteiger partial charge in [-0.25, -0.2) is 0 Å². The second-order valence-electron chi connectivity index (χ2n) is 5.29. The molecule has 3 aromatic rings. The van der Waals surface area contributed by atoms with Gasteiger partial charge in [0, 0.05) is 11.1 Å². The van der Waals surface area contributed by atoms with Crippen molar-refractivity contribution in [3.63, 3.8) is 0 Å². The summed E-state index contributed by atoms with van der Waals surface area (Å²) in [6.45, 7) is 0.00924. The van der Waals surface area contributed by atoms with Gasteiger partial charge in [-0.2, -0.15) is 0 Å². The summed E-state index contributed by atoms with van der Waals surface area (Å²) >= 11 is 5.81. The van der Waals surface area contributed by atoms with Crippen LogP contribution in [0.5, 0.6) is 0 Å². The van der Waals surface area contributed by atoms with Gasteiger partial charge in [0.05, 0.1) is 18.2 Å². The Bertz CT molecular complexity index is 1070. The third-order valence-electron chi connectivity index (χ3n) is 3.41. The predicted molar refractivity (Wildman–Crippen MR) is 93.7 cm³/mol. The van der Waals surface area contributed by atoms with Crippen molar-refractivity contribution >= 4 is 40.3 Å². The van der Waals surface area contributed by atoms with Gasteiger partial charge in [-0.1, -0.05) is 11.6 Å². The van der Waals surface area contributed by atoms with Crippen molar-refractivity contribution in [2.45, 2.75) is 6.54 Å². The zero-order chi connectivity index (χ0) is 19.4. The van der Waals surface area contributed by atoms with E-state index in [9.17, 15) is 19.2 Å². The molecule has 0 fully saturated rings. The smallest absolute Gasteiger partial charge is 0.327 e. The topological polar surface area (TPSA) is 131 Å². The van der Waals surface area contributed by atoms with E-state index in [0.29, 0.717) is 10.8 Å². The molecule has 2 heterocycles. The summed E-state index contributed by atoms with van der Waals surface area (Å²) in [5, 5.41) is 2.86. The van der Waals surface area contributed by atoms with E-state index in [-0.39, 0.29) is 23.3 Å². The van der Waals surface area contributed by atoms with Crippen molar-refractivity contribution in [3.8, 4) is 0 Å². The highest BCUT2D eigenvalue weighted by Gasteiger charge is 2.17. The molecule has 2 aromatic heterocycles. The summed E-state index contributed by atoms with van der Waals surface area (Å²) in [6, 6.07) is 8.56. The molecule has 0 saturated heterocycles. The minimum Gasteiger partial charge on any atom is -0.467 e. The Morgan fingerprint density at radius 3 is 2.59 bits per heavy atom. The maximum Gasteiger partial charge on any atom is 0.327 e. The number of hydrogen-bond donors (Lipinski definition) is 3. The van der Waals surface area contributed by atoms with E-state index < -0.39 is 23.2 Å². The van der Waals surface area contributed by atoms with Gasteiger partial charge < -0.3 is 14.2 Å². The lowest BCUT2D eigenvalue weighted by Gasteiger charge is -2.07. The minimum atomic E-state index is -1.11. The van der Waals surface area contributed by atoms with Crippen LogP contribution in [-0.2, 0) is 16.1 Å². The molecule has 0 aliphatic heterocycles. The molecule has 3 N–H and O–H groups in total. The molecular weight excluding hydrogens is 378 g/mol. The fourth-order valence-corrected chi connectivity index (χ4v) is 2.31. The van der Waals surface area contributed by atoms with E-state index >= 15 is 0 Å². The number of rotatable bonds is 3. The van der Waals surface area contributed by atoms with E-state index in [0.717, 1.165) is 6.07 Å². The standard InChI is InChI=1S/C17H12ClN3O6/c18-9-3-4-13-11(6-9)12(22)7-14(27-13)15(23)20-21-17(25)16(24)19-8-10-2-1-5-26-10/h1-7H,8H2,(H,19,24)(H,20,23)(H,21,25). The Kier molecular flexibility index (Phi) is 5.23. The summed E-state index contributed by atoms with van der Waals surface area (Å²) in [6.07, 6.45) is 1.42. The van der Waals surface area contributed by atoms with Crippen LogP contribution in [0.15, 0.2) is 56.3 Å². The van der Waals surface area contributed by atoms with Crippen LogP contribution < -0.4 is 21.6 Å². The molecule has 0 aliphatic rings. The summed E-state index contributed by atoms with van der Waals surface area (Å²) in [5.74, 6) is -2.88. The van der Waals surface area contributed by atoms with Crippen molar-refractivity contribution in [1.82, 2.24) is 16.2 Å². The highest BCUT2D eigenvalue weighted by Crippen LogP contribution is 2.17. The quantitative estimate of drug-likeness (QED) is 0.454. The predicted octanol–water partition coefficient (Wildman–Crippen LogP) is 1.12. The molecule has 9 nitrogen and oxygen atoms in total. The first-order chi connectivity index (χ1) is 12.9. The fourth-order valence-electron chi connectivity index (χ4n) is 2.13. The Labute approximate surface area is 156 Å². The Morgan fingerprint density at radius 1 is 1.04 bits per heavy atom. The Balaban J connectivity index is 1.61. The number of fused-ring (bicyclic) bond motifs is 1. The van der Waals surface area contributed by atoms with E-state index in [4.69, 9.17) is 20.4 Å². The van der Waals surface area contributed by atoms with Crippen LogP contribution in [0.25, 0.3) is 11.0 Å².